The van der Waals surface area contributed by atoms with Gasteiger partial charge in [-0.25, -0.2) is 0 Å². The zero-order valence-electron chi connectivity index (χ0n) is 23.8. The van der Waals surface area contributed by atoms with E-state index in [1.54, 1.807) is 0 Å². The van der Waals surface area contributed by atoms with Gasteiger partial charge < -0.3 is 5.32 Å². The number of allylic oxidation sites excluding steroid dienone is 2. The monoisotopic (exact) mass is 471 g/mol. The lowest BCUT2D eigenvalue weighted by Gasteiger charge is -2.47. The maximum absolute atomic E-state index is 3.54. The largest absolute Gasteiger partial charge is 0.354 e. The minimum Gasteiger partial charge on any atom is -0.354 e. The first-order chi connectivity index (χ1) is 15.5. The van der Waals surface area contributed by atoms with Crippen molar-refractivity contribution in [1.82, 2.24) is 0 Å². The lowest BCUT2D eigenvalue weighted by atomic mass is 9.58. The standard InChI is InChI=1S/C16H19NS.C9H18.C4H10.C2H6/c1-16(2,3)11-8-9-13-15(10-11)18-14-7-5-4-6-12(14)17-13;1-5-9-7(3)6(2)8(9)4;1-4(2)3;1-2/h4-7,9-11,17H,8H2,1-3H3;6-9H,5H2,1-4H3;4H,1-3H3;1-2H3. The van der Waals surface area contributed by atoms with E-state index in [4.69, 9.17) is 0 Å². The molecule has 1 heterocycles. The summed E-state index contributed by atoms with van der Waals surface area (Å²) in [6.07, 6.45) is 7.32. The van der Waals surface area contributed by atoms with Crippen molar-refractivity contribution in [1.29, 1.82) is 0 Å². The Morgan fingerprint density at radius 1 is 0.970 bits per heavy atom. The van der Waals surface area contributed by atoms with E-state index in [1.807, 2.05) is 25.6 Å². The minimum absolute atomic E-state index is 0.340. The normalized spacial score (nSPS) is 27.2. The molecule has 33 heavy (non-hydrogen) atoms. The molecule has 1 aliphatic heterocycles. The van der Waals surface area contributed by atoms with Gasteiger partial charge in [0, 0.05) is 15.5 Å². The number of fused-ring (bicyclic) bond motifs is 2. The molecule has 0 amide bonds. The Morgan fingerprint density at radius 2 is 1.52 bits per heavy atom. The van der Waals surface area contributed by atoms with Gasteiger partial charge in [-0.05, 0) is 59.5 Å². The van der Waals surface area contributed by atoms with Crippen molar-refractivity contribution < 1.29 is 0 Å². The lowest BCUT2D eigenvalue weighted by Crippen LogP contribution is -2.41. The molecule has 3 aliphatic rings. The van der Waals surface area contributed by atoms with Gasteiger partial charge in [0.1, 0.15) is 0 Å². The maximum Gasteiger partial charge on any atom is 0.0526 e. The van der Waals surface area contributed by atoms with Gasteiger partial charge in [-0.2, -0.15) is 0 Å². The molecular weight excluding hydrogens is 418 g/mol. The molecule has 188 valence electrons. The van der Waals surface area contributed by atoms with Crippen LogP contribution in [0, 0.1) is 40.9 Å². The van der Waals surface area contributed by atoms with Crippen molar-refractivity contribution in [3.05, 3.63) is 47.0 Å². The van der Waals surface area contributed by atoms with E-state index >= 15 is 0 Å². The molecular formula is C31H53NS. The van der Waals surface area contributed by atoms with Crippen LogP contribution in [0.25, 0.3) is 0 Å². The average molecular weight is 472 g/mol. The Hall–Kier alpha value is -1.15. The number of nitrogens with one attached hydrogen (secondary N) is 1. The summed E-state index contributed by atoms with van der Waals surface area (Å²) in [5.41, 5.74) is 2.87. The highest BCUT2D eigenvalue weighted by atomic mass is 32.2. The summed E-state index contributed by atoms with van der Waals surface area (Å²) in [5, 5.41) is 3.54. The van der Waals surface area contributed by atoms with E-state index in [0.717, 1.165) is 36.0 Å². The zero-order valence-corrected chi connectivity index (χ0v) is 24.6. The number of benzene rings is 1. The van der Waals surface area contributed by atoms with Crippen LogP contribution in [0.3, 0.4) is 0 Å². The average Bonchev–Trinajstić information content (AvgIpc) is 2.78. The highest BCUT2D eigenvalue weighted by Crippen LogP contribution is 2.47. The lowest BCUT2D eigenvalue weighted by molar-refractivity contribution is 0.0133. The van der Waals surface area contributed by atoms with Crippen LogP contribution >= 0.6 is 11.8 Å². The van der Waals surface area contributed by atoms with Gasteiger partial charge in [0.15, 0.2) is 0 Å². The number of anilines is 1. The minimum atomic E-state index is 0.340. The van der Waals surface area contributed by atoms with Crippen LogP contribution < -0.4 is 5.32 Å². The molecule has 0 spiro atoms. The van der Waals surface area contributed by atoms with Crippen molar-refractivity contribution >= 4 is 17.4 Å². The van der Waals surface area contributed by atoms with Crippen LogP contribution in [0.1, 0.15) is 95.9 Å². The summed E-state index contributed by atoms with van der Waals surface area (Å²) in [7, 11) is 0. The number of para-hydroxylation sites is 1. The first-order valence-corrected chi connectivity index (χ1v) is 14.2. The summed E-state index contributed by atoms with van der Waals surface area (Å²) in [6.45, 7) is 26.9. The number of rotatable bonds is 1. The first-order valence-electron chi connectivity index (χ1n) is 13.4. The van der Waals surface area contributed by atoms with Crippen molar-refractivity contribution in [3.8, 4) is 0 Å². The van der Waals surface area contributed by atoms with E-state index in [2.05, 4.69) is 111 Å². The van der Waals surface area contributed by atoms with Gasteiger partial charge in [-0.3, -0.25) is 0 Å². The molecule has 1 fully saturated rings. The van der Waals surface area contributed by atoms with Gasteiger partial charge in [0.2, 0.25) is 0 Å². The van der Waals surface area contributed by atoms with Gasteiger partial charge in [-0.1, -0.05) is 126 Å². The van der Waals surface area contributed by atoms with Crippen molar-refractivity contribution in [3.63, 3.8) is 0 Å². The molecule has 4 rings (SSSR count). The van der Waals surface area contributed by atoms with E-state index in [9.17, 15) is 0 Å². The molecule has 1 N–H and O–H groups in total. The van der Waals surface area contributed by atoms with Crippen LogP contribution in [0.15, 0.2) is 51.9 Å². The van der Waals surface area contributed by atoms with Gasteiger partial charge >= 0.3 is 0 Å². The Morgan fingerprint density at radius 3 is 2.00 bits per heavy atom. The third-order valence-corrected chi connectivity index (χ3v) is 8.32. The quantitative estimate of drug-likeness (QED) is 0.437. The van der Waals surface area contributed by atoms with Crippen LogP contribution in [0.5, 0.6) is 0 Å². The molecule has 1 aromatic rings. The summed E-state index contributed by atoms with van der Waals surface area (Å²) < 4.78 is 0. The van der Waals surface area contributed by atoms with E-state index in [1.165, 1.54) is 27.6 Å². The predicted octanol–water partition coefficient (Wildman–Crippen LogP) is 10.7. The van der Waals surface area contributed by atoms with Gasteiger partial charge in [0.05, 0.1) is 5.69 Å². The molecule has 2 aliphatic carbocycles. The summed E-state index contributed by atoms with van der Waals surface area (Å²) in [4.78, 5) is 2.72. The highest BCUT2D eigenvalue weighted by Gasteiger charge is 2.40. The Labute approximate surface area is 211 Å². The van der Waals surface area contributed by atoms with Crippen molar-refractivity contribution in [2.24, 2.45) is 40.9 Å². The topological polar surface area (TPSA) is 12.0 Å². The molecule has 0 radical (unpaired) electrons. The molecule has 1 nitrogen and oxygen atoms in total. The number of hydrogen-bond acceptors (Lipinski definition) is 2. The molecule has 3 unspecified atom stereocenters. The van der Waals surface area contributed by atoms with Crippen LogP contribution in [-0.4, -0.2) is 0 Å². The molecule has 2 heteroatoms. The molecule has 0 aromatic heterocycles. The fraction of sp³-hybridized carbons (Fsp3) is 0.677. The fourth-order valence-electron chi connectivity index (χ4n) is 4.75. The van der Waals surface area contributed by atoms with Gasteiger partial charge in [-0.15, -0.1) is 0 Å². The third kappa shape index (κ3) is 8.53. The zero-order chi connectivity index (χ0) is 25.3. The van der Waals surface area contributed by atoms with Crippen molar-refractivity contribution in [2.75, 3.05) is 5.32 Å². The van der Waals surface area contributed by atoms with Crippen molar-refractivity contribution in [2.45, 2.75) is 101 Å². The number of thioether (sulfide) groups is 1. The second-order valence-corrected chi connectivity index (χ2v) is 12.5. The smallest absolute Gasteiger partial charge is 0.0526 e. The van der Waals surface area contributed by atoms with E-state index in [-0.39, 0.29) is 0 Å². The molecule has 1 aromatic carbocycles. The summed E-state index contributed by atoms with van der Waals surface area (Å²) in [6, 6.07) is 8.52. The highest BCUT2D eigenvalue weighted by molar-refractivity contribution is 8.03. The van der Waals surface area contributed by atoms with Crippen LogP contribution in [0.4, 0.5) is 5.69 Å². The van der Waals surface area contributed by atoms with E-state index < -0.39 is 0 Å². The summed E-state index contributed by atoms with van der Waals surface area (Å²) >= 11 is 1.89. The molecule has 0 bridgehead atoms. The molecule has 1 saturated carbocycles. The Bertz CT molecular complexity index is 755. The SMILES string of the molecule is CC.CC(C)(C)C1C=C2Sc3ccccc3NC2=CC1.CC(C)C.CCC1C(C)C(C)C1C. The molecule has 3 atom stereocenters. The van der Waals surface area contributed by atoms with Crippen LogP contribution in [0.2, 0.25) is 0 Å². The third-order valence-electron chi connectivity index (χ3n) is 7.16. The molecule has 0 saturated heterocycles. The Kier molecular flexibility index (Phi) is 12.4. The summed E-state index contributed by atoms with van der Waals surface area (Å²) in [5.74, 6) is 5.46. The van der Waals surface area contributed by atoms with Gasteiger partial charge in [0.25, 0.3) is 0 Å². The number of hydrogen-bond donors (Lipinski definition) is 1. The fourth-order valence-corrected chi connectivity index (χ4v) is 5.84. The maximum atomic E-state index is 3.54. The predicted molar refractivity (Wildman–Crippen MR) is 153 cm³/mol. The Balaban J connectivity index is 0.000000304. The van der Waals surface area contributed by atoms with E-state index in [0.29, 0.717) is 11.3 Å². The second kappa shape index (κ2) is 13.7. The van der Waals surface area contributed by atoms with Crippen LogP contribution in [-0.2, 0) is 0 Å². The first kappa shape index (κ1) is 29.9. The second-order valence-electron chi connectivity index (χ2n) is 11.5.